The lowest BCUT2D eigenvalue weighted by molar-refractivity contribution is 0.0171. The molecule has 0 bridgehead atoms. The number of ether oxygens (including phenoxy) is 2. The monoisotopic (exact) mass is 945 g/mol. The average Bonchev–Trinajstić information content (AvgIpc) is 4.04. The Bertz CT molecular complexity index is 1530. The zero-order valence-electron chi connectivity index (χ0n) is 44.0. The summed E-state index contributed by atoms with van der Waals surface area (Å²) in [5.74, 6) is 2.66. The third kappa shape index (κ3) is 18.7. The van der Waals surface area contributed by atoms with Gasteiger partial charge in [0.15, 0.2) is 0 Å². The fraction of sp³-hybridized carbons (Fsp3) is 0.806. The molecule has 1 aromatic carbocycles. The maximum atomic E-state index is 7.56. The number of thioether (sulfide) groups is 1. The van der Waals surface area contributed by atoms with Crippen LogP contribution in [0.5, 0.6) is 11.5 Å². The molecule has 4 heteroatoms. The second-order valence-electron chi connectivity index (χ2n) is 21.9. The number of benzene rings is 1. The van der Waals surface area contributed by atoms with E-state index < -0.39 is 0 Å². The van der Waals surface area contributed by atoms with E-state index in [1.54, 1.807) is 0 Å². The van der Waals surface area contributed by atoms with Crippen LogP contribution in [-0.2, 0) is 5.60 Å². The lowest BCUT2D eigenvalue weighted by atomic mass is 9.77. The van der Waals surface area contributed by atoms with E-state index in [1.165, 1.54) is 272 Å². The molecule has 5 rings (SSSR count). The fourth-order valence-corrected chi connectivity index (χ4v) is 14.2. The molecule has 0 amide bonds. The van der Waals surface area contributed by atoms with Gasteiger partial charge in [-0.05, 0) is 74.4 Å². The summed E-state index contributed by atoms with van der Waals surface area (Å²) in [4.78, 5) is 1.45. The lowest BCUT2D eigenvalue weighted by Gasteiger charge is -2.45. The predicted octanol–water partition coefficient (Wildman–Crippen LogP) is 22.5. The lowest BCUT2D eigenvalue weighted by Crippen LogP contribution is -2.44. The van der Waals surface area contributed by atoms with Crippen LogP contribution >= 0.6 is 23.1 Å². The molecule has 2 nitrogen and oxygen atoms in total. The molecule has 3 unspecified atom stereocenters. The summed E-state index contributed by atoms with van der Waals surface area (Å²) < 4.78 is 14.8. The van der Waals surface area contributed by atoms with Gasteiger partial charge in [-0.3, -0.25) is 0 Å². The third-order valence-electron chi connectivity index (χ3n) is 16.2. The van der Waals surface area contributed by atoms with Gasteiger partial charge in [-0.2, -0.15) is 0 Å². The average molecular weight is 946 g/mol. The zero-order chi connectivity index (χ0) is 46.4. The highest BCUT2D eigenvalue weighted by Crippen LogP contribution is 2.60. The van der Waals surface area contributed by atoms with Crippen LogP contribution in [0.25, 0.3) is 10.4 Å². The van der Waals surface area contributed by atoms with Gasteiger partial charge in [0, 0.05) is 32.7 Å². The van der Waals surface area contributed by atoms with Crippen molar-refractivity contribution in [1.82, 2.24) is 0 Å². The standard InChI is InChI=1S/C62H104O2S2/c1-5-8-11-14-17-20-23-26-29-32-35-38-41-46-61(4)55-44-49-65-59(55)53-52-58-54(51-57(53)63-61)60-56(45-50-66-60)62(64-58,47-42-39-36-33-30-27-24-21-18-15-12-9-6-2)48-43-40-37-34-31-28-25-22-19-16-13-10-7-3/h44-45,49-52,55,59H,5-43,46-48H2,1-4H3. The summed E-state index contributed by atoms with van der Waals surface area (Å²) in [5, 5.41) is 5.15. The summed E-state index contributed by atoms with van der Waals surface area (Å²) in [6, 6.07) is 7.31. The van der Waals surface area contributed by atoms with E-state index in [-0.39, 0.29) is 11.2 Å². The molecule has 0 N–H and O–H groups in total. The molecule has 0 saturated carbocycles. The normalized spacial score (nSPS) is 19.0. The third-order valence-corrected chi connectivity index (χ3v) is 18.3. The molecular formula is C62H104O2S2. The first-order chi connectivity index (χ1) is 32.5. The molecule has 4 heterocycles. The number of thiophene rings is 1. The molecule has 0 aliphatic carbocycles. The quantitative estimate of drug-likeness (QED) is 0.0618. The molecule has 0 saturated heterocycles. The van der Waals surface area contributed by atoms with Crippen molar-refractivity contribution in [2.24, 2.45) is 5.92 Å². The maximum absolute atomic E-state index is 7.56. The molecule has 2 aromatic rings. The van der Waals surface area contributed by atoms with E-state index in [0.717, 1.165) is 30.8 Å². The second-order valence-corrected chi connectivity index (χ2v) is 23.9. The molecule has 3 atom stereocenters. The summed E-state index contributed by atoms with van der Waals surface area (Å²) in [5.41, 5.74) is 3.74. The topological polar surface area (TPSA) is 18.5 Å². The van der Waals surface area contributed by atoms with Gasteiger partial charge in [-0.25, -0.2) is 0 Å². The molecule has 0 spiro atoms. The smallest absolute Gasteiger partial charge is 0.135 e. The van der Waals surface area contributed by atoms with Crippen molar-refractivity contribution in [3.8, 4) is 21.9 Å². The molecule has 376 valence electrons. The van der Waals surface area contributed by atoms with Crippen LogP contribution in [0.3, 0.4) is 0 Å². The predicted molar refractivity (Wildman–Crippen MR) is 295 cm³/mol. The molecule has 0 radical (unpaired) electrons. The van der Waals surface area contributed by atoms with Gasteiger partial charge in [-0.1, -0.05) is 258 Å². The van der Waals surface area contributed by atoms with Crippen molar-refractivity contribution >= 4 is 23.1 Å². The first kappa shape index (κ1) is 55.5. The Kier molecular flexibility index (Phi) is 28.0. The number of rotatable bonds is 42. The summed E-state index contributed by atoms with van der Waals surface area (Å²) >= 11 is 3.96. The van der Waals surface area contributed by atoms with Gasteiger partial charge >= 0.3 is 0 Å². The Labute approximate surface area is 418 Å². The Balaban J connectivity index is 1.14. The second kappa shape index (κ2) is 33.2. The number of hydrogen-bond acceptors (Lipinski definition) is 4. The van der Waals surface area contributed by atoms with Gasteiger partial charge in [0.1, 0.15) is 22.7 Å². The van der Waals surface area contributed by atoms with Crippen molar-refractivity contribution in [2.45, 2.75) is 314 Å². The van der Waals surface area contributed by atoms with E-state index in [0.29, 0.717) is 11.2 Å². The van der Waals surface area contributed by atoms with Gasteiger partial charge in [-0.15, -0.1) is 23.1 Å². The van der Waals surface area contributed by atoms with Crippen LogP contribution in [0.4, 0.5) is 0 Å². The van der Waals surface area contributed by atoms with Gasteiger partial charge in [0.2, 0.25) is 0 Å². The number of hydrogen-bond donors (Lipinski definition) is 0. The van der Waals surface area contributed by atoms with Crippen molar-refractivity contribution in [3.05, 3.63) is 46.2 Å². The van der Waals surface area contributed by atoms with Gasteiger partial charge < -0.3 is 9.47 Å². The summed E-state index contributed by atoms with van der Waals surface area (Å²) in [6.45, 7) is 9.37. The largest absolute Gasteiger partial charge is 0.487 e. The Morgan fingerprint density at radius 3 is 1.27 bits per heavy atom. The molecular weight excluding hydrogens is 841 g/mol. The van der Waals surface area contributed by atoms with Crippen LogP contribution in [0.2, 0.25) is 0 Å². The highest BCUT2D eigenvalue weighted by molar-refractivity contribution is 8.02. The minimum atomic E-state index is -0.217. The van der Waals surface area contributed by atoms with Gasteiger partial charge in [0.25, 0.3) is 0 Å². The van der Waals surface area contributed by atoms with Crippen molar-refractivity contribution in [1.29, 1.82) is 0 Å². The summed E-state index contributed by atoms with van der Waals surface area (Å²) in [6.07, 6.45) is 60.4. The minimum absolute atomic E-state index is 0.163. The van der Waals surface area contributed by atoms with Gasteiger partial charge in [0.05, 0.1) is 0 Å². The van der Waals surface area contributed by atoms with E-state index in [4.69, 9.17) is 9.47 Å². The molecule has 66 heavy (non-hydrogen) atoms. The Morgan fingerprint density at radius 1 is 0.455 bits per heavy atom. The first-order valence-corrected chi connectivity index (χ1v) is 31.3. The highest BCUT2D eigenvalue weighted by atomic mass is 32.2. The fourth-order valence-electron chi connectivity index (χ4n) is 11.9. The first-order valence-electron chi connectivity index (χ1n) is 29.5. The van der Waals surface area contributed by atoms with Crippen molar-refractivity contribution < 1.29 is 9.47 Å². The molecule has 3 aliphatic rings. The molecule has 0 fully saturated rings. The minimum Gasteiger partial charge on any atom is -0.487 e. The Hall–Kier alpha value is -1.39. The van der Waals surface area contributed by atoms with Crippen LogP contribution < -0.4 is 9.47 Å². The van der Waals surface area contributed by atoms with Crippen LogP contribution in [-0.4, -0.2) is 5.60 Å². The van der Waals surface area contributed by atoms with E-state index in [9.17, 15) is 0 Å². The highest BCUT2D eigenvalue weighted by Gasteiger charge is 2.49. The van der Waals surface area contributed by atoms with Crippen LogP contribution in [0, 0.1) is 5.92 Å². The SMILES string of the molecule is CCCCCCCCCCCCCCCC1(CCCCCCCCCCCCCCC)Oc2cc3c(cc2-c2sccc21)OC(C)(CCCCCCCCCCCCCCC)C1C=CSC31. The summed E-state index contributed by atoms with van der Waals surface area (Å²) in [7, 11) is 0. The molecule has 1 aromatic heterocycles. The van der Waals surface area contributed by atoms with Crippen LogP contribution in [0.15, 0.2) is 35.1 Å². The number of unbranched alkanes of at least 4 members (excludes halogenated alkanes) is 36. The van der Waals surface area contributed by atoms with Crippen molar-refractivity contribution in [2.75, 3.05) is 0 Å². The zero-order valence-corrected chi connectivity index (χ0v) is 45.6. The van der Waals surface area contributed by atoms with Crippen molar-refractivity contribution in [3.63, 3.8) is 0 Å². The van der Waals surface area contributed by atoms with E-state index >= 15 is 0 Å². The Morgan fingerprint density at radius 2 is 0.848 bits per heavy atom. The van der Waals surface area contributed by atoms with E-state index in [2.05, 4.69) is 62.8 Å². The van der Waals surface area contributed by atoms with Crippen LogP contribution in [0.1, 0.15) is 314 Å². The molecule has 3 aliphatic heterocycles. The van der Waals surface area contributed by atoms with E-state index in [1.807, 2.05) is 23.1 Å². The number of fused-ring (bicyclic) bond motifs is 6. The maximum Gasteiger partial charge on any atom is 0.135 e.